The number of aliphatic hydroxyl groups excluding tert-OH is 1. The summed E-state index contributed by atoms with van der Waals surface area (Å²) in [6.07, 6.45) is -4.49. The predicted molar refractivity (Wildman–Crippen MR) is 84.0 cm³/mol. The molecule has 0 unspecified atom stereocenters. The Labute approximate surface area is 143 Å². The zero-order valence-electron chi connectivity index (χ0n) is 13.5. The fraction of sp³-hybridized carbons (Fsp3) is 0.400. The lowest BCUT2D eigenvalue weighted by Crippen LogP contribution is -2.30. The number of hydrogen-bond acceptors (Lipinski definition) is 5. The minimum absolute atomic E-state index is 0.0217. The van der Waals surface area contributed by atoms with Gasteiger partial charge in [-0.3, -0.25) is 0 Å². The number of hydrogen-bond donors (Lipinski definition) is 1. The van der Waals surface area contributed by atoms with Crippen molar-refractivity contribution >= 4 is 10.0 Å². The SMILES string of the molecule is Cc1oc(-c2cccc(C(F)(F)F)c2)nc1CN(C)S(=O)(=O)CCO. The van der Waals surface area contributed by atoms with Gasteiger partial charge in [-0.2, -0.15) is 17.5 Å². The second-order valence-corrected chi connectivity index (χ2v) is 7.59. The lowest BCUT2D eigenvalue weighted by atomic mass is 10.1. The molecule has 10 heteroatoms. The molecule has 0 amide bonds. The van der Waals surface area contributed by atoms with Gasteiger partial charge in [-0.25, -0.2) is 13.4 Å². The summed E-state index contributed by atoms with van der Waals surface area (Å²) >= 11 is 0. The topological polar surface area (TPSA) is 83.6 Å². The molecule has 0 aliphatic rings. The Morgan fingerprint density at radius 3 is 2.60 bits per heavy atom. The number of aliphatic hydroxyl groups is 1. The molecule has 0 aliphatic carbocycles. The summed E-state index contributed by atoms with van der Waals surface area (Å²) < 4.78 is 68.5. The number of alkyl halides is 3. The average Bonchev–Trinajstić information content (AvgIpc) is 2.87. The summed E-state index contributed by atoms with van der Waals surface area (Å²) in [6, 6.07) is 4.53. The normalized spacial score (nSPS) is 12.8. The number of nitrogens with zero attached hydrogens (tertiary/aromatic N) is 2. The number of benzene rings is 1. The monoisotopic (exact) mass is 378 g/mol. The molecule has 6 nitrogen and oxygen atoms in total. The predicted octanol–water partition coefficient (Wildman–Crippen LogP) is 2.42. The maximum Gasteiger partial charge on any atom is 0.416 e. The van der Waals surface area contributed by atoms with Crippen molar-refractivity contribution in [3.05, 3.63) is 41.3 Å². The first-order valence-electron chi connectivity index (χ1n) is 7.23. The maximum atomic E-state index is 12.8. The number of halogens is 3. The minimum Gasteiger partial charge on any atom is -0.441 e. The Morgan fingerprint density at radius 1 is 1.32 bits per heavy atom. The first-order chi connectivity index (χ1) is 11.5. The number of aromatic nitrogens is 1. The van der Waals surface area contributed by atoms with Crippen LogP contribution in [-0.4, -0.2) is 42.2 Å². The second kappa shape index (κ2) is 7.14. The van der Waals surface area contributed by atoms with Gasteiger partial charge in [0.15, 0.2) is 0 Å². The zero-order chi connectivity index (χ0) is 18.8. The van der Waals surface area contributed by atoms with Crippen LogP contribution >= 0.6 is 0 Å². The van der Waals surface area contributed by atoms with Crippen LogP contribution in [0.5, 0.6) is 0 Å². The Kier molecular flexibility index (Phi) is 5.55. The smallest absolute Gasteiger partial charge is 0.416 e. The summed E-state index contributed by atoms with van der Waals surface area (Å²) in [5, 5.41) is 8.78. The fourth-order valence-corrected chi connectivity index (χ4v) is 2.97. The lowest BCUT2D eigenvalue weighted by molar-refractivity contribution is -0.137. The zero-order valence-corrected chi connectivity index (χ0v) is 14.4. The third-order valence-corrected chi connectivity index (χ3v) is 5.30. The van der Waals surface area contributed by atoms with Gasteiger partial charge >= 0.3 is 6.18 Å². The molecule has 0 fully saturated rings. The molecule has 0 atom stereocenters. The van der Waals surface area contributed by atoms with Crippen molar-refractivity contribution in [3.8, 4) is 11.5 Å². The summed E-state index contributed by atoms with van der Waals surface area (Å²) in [5.74, 6) is -0.147. The van der Waals surface area contributed by atoms with Crippen LogP contribution in [0.15, 0.2) is 28.7 Å². The molecule has 0 bridgehead atoms. The van der Waals surface area contributed by atoms with Gasteiger partial charge in [0.2, 0.25) is 15.9 Å². The van der Waals surface area contributed by atoms with Crippen molar-refractivity contribution in [2.24, 2.45) is 0 Å². The molecule has 2 aromatic rings. The Balaban J connectivity index is 2.29. The van der Waals surface area contributed by atoms with E-state index >= 15 is 0 Å². The van der Waals surface area contributed by atoms with Gasteiger partial charge < -0.3 is 9.52 Å². The first-order valence-corrected chi connectivity index (χ1v) is 8.84. The summed E-state index contributed by atoms with van der Waals surface area (Å²) in [6.45, 7) is 0.919. The van der Waals surface area contributed by atoms with Crippen LogP contribution in [0.3, 0.4) is 0 Å². The molecular formula is C15H17F3N2O4S. The molecule has 0 radical (unpaired) electrons. The number of aryl methyl sites for hydroxylation is 1. The molecule has 0 spiro atoms. The highest BCUT2D eigenvalue weighted by Crippen LogP contribution is 2.32. The third-order valence-electron chi connectivity index (χ3n) is 3.53. The van der Waals surface area contributed by atoms with Crippen LogP contribution in [0, 0.1) is 6.92 Å². The summed E-state index contributed by atoms with van der Waals surface area (Å²) in [7, 11) is -2.33. The fourth-order valence-electron chi connectivity index (χ4n) is 2.11. The van der Waals surface area contributed by atoms with Gasteiger partial charge in [-0.05, 0) is 25.1 Å². The van der Waals surface area contributed by atoms with Crippen LogP contribution in [-0.2, 0) is 22.7 Å². The van der Waals surface area contributed by atoms with Gasteiger partial charge in [0, 0.05) is 12.6 Å². The van der Waals surface area contributed by atoms with Gasteiger partial charge in [0.1, 0.15) is 5.76 Å². The van der Waals surface area contributed by atoms with Crippen molar-refractivity contribution in [2.45, 2.75) is 19.6 Å². The number of sulfonamides is 1. The highest BCUT2D eigenvalue weighted by atomic mass is 32.2. The van der Waals surface area contributed by atoms with E-state index in [1.54, 1.807) is 6.92 Å². The van der Waals surface area contributed by atoms with E-state index in [1.165, 1.54) is 19.2 Å². The molecule has 0 aliphatic heterocycles. The molecule has 138 valence electrons. The minimum atomic E-state index is -4.49. The summed E-state index contributed by atoms with van der Waals surface area (Å²) in [4.78, 5) is 4.11. The van der Waals surface area contributed by atoms with Crippen molar-refractivity contribution in [3.63, 3.8) is 0 Å². The van der Waals surface area contributed by atoms with Crippen molar-refractivity contribution in [1.82, 2.24) is 9.29 Å². The van der Waals surface area contributed by atoms with Crippen LogP contribution in [0.1, 0.15) is 17.0 Å². The van der Waals surface area contributed by atoms with Gasteiger partial charge in [0.25, 0.3) is 0 Å². The standard InChI is InChI=1S/C15H17F3N2O4S/c1-10-13(9-20(2)25(22,23)7-6-21)19-14(24-10)11-4-3-5-12(8-11)15(16,17)18/h3-5,8,21H,6-7,9H2,1-2H3. The third kappa shape index (κ3) is 4.59. The van der Waals surface area contributed by atoms with Crippen LogP contribution in [0.25, 0.3) is 11.5 Å². The second-order valence-electron chi connectivity index (χ2n) is 5.40. The van der Waals surface area contributed by atoms with Gasteiger partial charge in [-0.15, -0.1) is 0 Å². The summed E-state index contributed by atoms with van der Waals surface area (Å²) in [5.41, 5.74) is -0.397. The average molecular weight is 378 g/mol. The van der Waals surface area contributed by atoms with Crippen molar-refractivity contribution < 1.29 is 31.1 Å². The van der Waals surface area contributed by atoms with E-state index in [-0.39, 0.29) is 23.7 Å². The van der Waals surface area contributed by atoms with Crippen molar-refractivity contribution in [2.75, 3.05) is 19.4 Å². The van der Waals surface area contributed by atoms with Crippen LogP contribution in [0.2, 0.25) is 0 Å². The highest BCUT2D eigenvalue weighted by Gasteiger charge is 2.31. The van der Waals surface area contributed by atoms with Crippen LogP contribution < -0.4 is 0 Å². The maximum absolute atomic E-state index is 12.8. The van der Waals surface area contributed by atoms with E-state index in [1.807, 2.05) is 0 Å². The van der Waals surface area contributed by atoms with Gasteiger partial charge in [-0.1, -0.05) is 6.07 Å². The van der Waals surface area contributed by atoms with E-state index < -0.39 is 34.1 Å². The van der Waals surface area contributed by atoms with Gasteiger partial charge in [0.05, 0.1) is 30.2 Å². The first kappa shape index (κ1) is 19.4. The van der Waals surface area contributed by atoms with E-state index in [2.05, 4.69) is 4.98 Å². The molecule has 2 rings (SSSR count). The lowest BCUT2D eigenvalue weighted by Gasteiger charge is -2.15. The highest BCUT2D eigenvalue weighted by molar-refractivity contribution is 7.89. The van der Waals surface area contributed by atoms with E-state index in [0.717, 1.165) is 16.4 Å². The Hall–Kier alpha value is -1.91. The molecule has 1 heterocycles. The molecule has 1 aromatic heterocycles. The number of rotatable bonds is 6. The molecule has 1 aromatic carbocycles. The number of oxazole rings is 1. The van der Waals surface area contributed by atoms with E-state index in [9.17, 15) is 21.6 Å². The Bertz CT molecular complexity index is 847. The quantitative estimate of drug-likeness (QED) is 0.835. The molecule has 0 saturated heterocycles. The van der Waals surface area contributed by atoms with E-state index in [4.69, 9.17) is 9.52 Å². The largest absolute Gasteiger partial charge is 0.441 e. The van der Waals surface area contributed by atoms with Crippen LogP contribution in [0.4, 0.5) is 13.2 Å². The molecule has 1 N–H and O–H groups in total. The molecule has 25 heavy (non-hydrogen) atoms. The Morgan fingerprint density at radius 2 is 2.00 bits per heavy atom. The molecule has 0 saturated carbocycles. The molecular weight excluding hydrogens is 361 g/mol. The van der Waals surface area contributed by atoms with E-state index in [0.29, 0.717) is 5.76 Å². The van der Waals surface area contributed by atoms with Crippen molar-refractivity contribution in [1.29, 1.82) is 0 Å².